The number of hydrogen-bond acceptors (Lipinski definition) is 5. The Kier molecular flexibility index (Phi) is 2.53. The molecule has 16 heavy (non-hydrogen) atoms. The smallest absolute Gasteiger partial charge is 0.255 e. The van der Waals surface area contributed by atoms with Crippen LogP contribution in [0.4, 0.5) is 0 Å². The van der Waals surface area contributed by atoms with E-state index >= 15 is 0 Å². The average molecular weight is 239 g/mol. The van der Waals surface area contributed by atoms with E-state index in [1.54, 1.807) is 0 Å². The summed E-state index contributed by atoms with van der Waals surface area (Å²) in [5, 5.41) is 13.4. The van der Waals surface area contributed by atoms with Crippen molar-refractivity contribution < 1.29 is 13.2 Å². The molecule has 0 bridgehead atoms. The first kappa shape index (κ1) is 10.9. The number of rotatable bonds is 3. The summed E-state index contributed by atoms with van der Waals surface area (Å²) in [4.78, 5) is 3.65. The van der Waals surface area contributed by atoms with Gasteiger partial charge in [-0.15, -0.1) is 0 Å². The maximum absolute atomic E-state index is 11.0. The molecule has 0 aliphatic heterocycles. The van der Waals surface area contributed by atoms with E-state index in [2.05, 4.69) is 4.98 Å². The number of aromatic nitrogens is 1. The largest absolute Gasteiger partial charge is 0.487 e. The minimum atomic E-state index is -3.88. The molecule has 2 N–H and O–H groups in total. The summed E-state index contributed by atoms with van der Waals surface area (Å²) in [6.07, 6.45) is 3.23. The van der Waals surface area contributed by atoms with E-state index in [9.17, 15) is 8.42 Å². The van der Waals surface area contributed by atoms with Crippen molar-refractivity contribution in [3.05, 3.63) is 17.8 Å². The second-order valence-electron chi connectivity index (χ2n) is 3.49. The molecule has 7 heteroatoms. The first-order chi connectivity index (χ1) is 7.50. The van der Waals surface area contributed by atoms with E-state index in [0.29, 0.717) is 5.75 Å². The highest BCUT2D eigenvalue weighted by Gasteiger charge is 2.25. The lowest BCUT2D eigenvalue weighted by Crippen LogP contribution is -2.14. The van der Waals surface area contributed by atoms with Crippen molar-refractivity contribution in [2.24, 2.45) is 5.14 Å². The first-order valence-electron chi connectivity index (χ1n) is 4.60. The van der Waals surface area contributed by atoms with Crippen LogP contribution >= 0.6 is 0 Å². The van der Waals surface area contributed by atoms with Crippen molar-refractivity contribution in [1.82, 2.24) is 4.98 Å². The Morgan fingerprint density at radius 1 is 1.56 bits per heavy atom. The Morgan fingerprint density at radius 3 is 2.75 bits per heavy atom. The maximum Gasteiger partial charge on any atom is 0.255 e. The molecule has 0 saturated heterocycles. The van der Waals surface area contributed by atoms with Gasteiger partial charge in [-0.25, -0.2) is 18.5 Å². The van der Waals surface area contributed by atoms with Crippen LogP contribution in [0.25, 0.3) is 0 Å². The molecule has 0 amide bonds. The second kappa shape index (κ2) is 3.73. The van der Waals surface area contributed by atoms with Crippen molar-refractivity contribution in [3.63, 3.8) is 0 Å². The lowest BCUT2D eigenvalue weighted by atomic mass is 10.3. The highest BCUT2D eigenvalue weighted by Crippen LogP contribution is 2.28. The average Bonchev–Trinajstić information content (AvgIpc) is 3.00. The number of nitriles is 1. The van der Waals surface area contributed by atoms with Crippen LogP contribution in [0.5, 0.6) is 5.75 Å². The van der Waals surface area contributed by atoms with Crippen molar-refractivity contribution in [2.75, 3.05) is 0 Å². The topological polar surface area (TPSA) is 106 Å². The van der Waals surface area contributed by atoms with Crippen LogP contribution in [0, 0.1) is 11.3 Å². The van der Waals surface area contributed by atoms with Gasteiger partial charge in [0.15, 0.2) is 10.8 Å². The molecule has 0 aromatic carbocycles. The van der Waals surface area contributed by atoms with Gasteiger partial charge in [0, 0.05) is 0 Å². The SMILES string of the molecule is N#Cc1cc(S(N)(=O)=O)ncc1OC1CC1. The van der Waals surface area contributed by atoms with Gasteiger partial charge >= 0.3 is 0 Å². The van der Waals surface area contributed by atoms with Crippen molar-refractivity contribution in [1.29, 1.82) is 5.26 Å². The molecular formula is C9H9N3O3S. The summed E-state index contributed by atoms with van der Waals surface area (Å²) < 4.78 is 27.4. The molecule has 1 fully saturated rings. The fourth-order valence-electron chi connectivity index (χ4n) is 1.13. The molecule has 1 saturated carbocycles. The van der Waals surface area contributed by atoms with E-state index in [0.717, 1.165) is 18.9 Å². The summed E-state index contributed by atoms with van der Waals surface area (Å²) in [5.74, 6) is 0.303. The number of primary sulfonamides is 1. The van der Waals surface area contributed by atoms with Gasteiger partial charge in [-0.1, -0.05) is 0 Å². The van der Waals surface area contributed by atoms with Crippen LogP contribution in [0.15, 0.2) is 17.3 Å². The van der Waals surface area contributed by atoms with Crippen LogP contribution in [-0.4, -0.2) is 19.5 Å². The molecule has 1 heterocycles. The molecule has 6 nitrogen and oxygen atoms in total. The molecule has 0 radical (unpaired) electrons. The Labute approximate surface area is 92.7 Å². The highest BCUT2D eigenvalue weighted by atomic mass is 32.2. The molecule has 1 aliphatic rings. The molecule has 84 valence electrons. The number of nitrogens with zero attached hydrogens (tertiary/aromatic N) is 2. The zero-order chi connectivity index (χ0) is 11.8. The predicted molar refractivity (Wildman–Crippen MR) is 54.0 cm³/mol. The minimum Gasteiger partial charge on any atom is -0.487 e. The van der Waals surface area contributed by atoms with Gasteiger partial charge in [0.1, 0.15) is 6.07 Å². The first-order valence-corrected chi connectivity index (χ1v) is 6.15. The van der Waals surface area contributed by atoms with E-state index in [-0.39, 0.29) is 16.7 Å². The quantitative estimate of drug-likeness (QED) is 0.807. The molecule has 0 atom stereocenters. The summed E-state index contributed by atoms with van der Waals surface area (Å²) in [7, 11) is -3.88. The summed E-state index contributed by atoms with van der Waals surface area (Å²) in [6.45, 7) is 0. The van der Waals surface area contributed by atoms with Crippen LogP contribution in [0.3, 0.4) is 0 Å². The van der Waals surface area contributed by atoms with E-state index in [4.69, 9.17) is 15.1 Å². The molecular weight excluding hydrogens is 230 g/mol. The van der Waals surface area contributed by atoms with E-state index in [1.165, 1.54) is 6.20 Å². The Balaban J connectivity index is 2.38. The number of hydrogen-bond donors (Lipinski definition) is 1. The van der Waals surface area contributed by atoms with Gasteiger partial charge in [0.05, 0.1) is 17.9 Å². The number of ether oxygens (including phenoxy) is 1. The normalized spacial score (nSPS) is 15.5. The van der Waals surface area contributed by atoms with Gasteiger partial charge in [-0.2, -0.15) is 5.26 Å². The Bertz CT molecular complexity index is 558. The number of pyridine rings is 1. The standard InChI is InChI=1S/C9H9N3O3S/c10-4-6-3-9(16(11,13)14)12-5-8(6)15-7-1-2-7/h3,5,7H,1-2H2,(H2,11,13,14). The van der Waals surface area contributed by atoms with E-state index < -0.39 is 10.0 Å². The van der Waals surface area contributed by atoms with Crippen LogP contribution < -0.4 is 9.88 Å². The third-order valence-corrected chi connectivity index (χ3v) is 2.88. The van der Waals surface area contributed by atoms with Gasteiger partial charge in [-0.3, -0.25) is 0 Å². The molecule has 0 unspecified atom stereocenters. The van der Waals surface area contributed by atoms with Crippen molar-refractivity contribution in [2.45, 2.75) is 24.0 Å². The Hall–Kier alpha value is -1.65. The fraction of sp³-hybridized carbons (Fsp3) is 0.333. The maximum atomic E-state index is 11.0. The number of nitrogens with two attached hydrogens (primary N) is 1. The zero-order valence-corrected chi connectivity index (χ0v) is 9.07. The molecule has 2 rings (SSSR count). The Morgan fingerprint density at radius 2 is 2.25 bits per heavy atom. The van der Waals surface area contributed by atoms with Crippen LogP contribution in [-0.2, 0) is 10.0 Å². The van der Waals surface area contributed by atoms with Crippen LogP contribution in [0.2, 0.25) is 0 Å². The van der Waals surface area contributed by atoms with Gasteiger partial charge in [-0.05, 0) is 18.9 Å². The summed E-state index contributed by atoms with van der Waals surface area (Å²) in [6, 6.07) is 2.97. The monoisotopic (exact) mass is 239 g/mol. The van der Waals surface area contributed by atoms with E-state index in [1.807, 2.05) is 6.07 Å². The molecule has 1 aliphatic carbocycles. The lowest BCUT2D eigenvalue weighted by Gasteiger charge is -2.06. The van der Waals surface area contributed by atoms with Gasteiger partial charge < -0.3 is 4.74 Å². The molecule has 1 aromatic heterocycles. The fourth-order valence-corrected chi connectivity index (χ4v) is 1.61. The summed E-state index contributed by atoms with van der Waals surface area (Å²) in [5.41, 5.74) is 0.130. The highest BCUT2D eigenvalue weighted by molar-refractivity contribution is 7.89. The van der Waals surface area contributed by atoms with Crippen molar-refractivity contribution in [3.8, 4) is 11.8 Å². The third kappa shape index (κ3) is 2.29. The van der Waals surface area contributed by atoms with Gasteiger partial charge in [0.25, 0.3) is 10.0 Å². The zero-order valence-electron chi connectivity index (χ0n) is 8.25. The predicted octanol–water partition coefficient (Wildman–Crippen LogP) is 0.142. The third-order valence-electron chi connectivity index (χ3n) is 2.07. The van der Waals surface area contributed by atoms with Crippen molar-refractivity contribution >= 4 is 10.0 Å². The lowest BCUT2D eigenvalue weighted by molar-refractivity contribution is 0.300. The summed E-state index contributed by atoms with van der Waals surface area (Å²) >= 11 is 0. The second-order valence-corrected chi connectivity index (χ2v) is 5.00. The molecule has 0 spiro atoms. The van der Waals surface area contributed by atoms with Gasteiger partial charge in [0.2, 0.25) is 0 Å². The molecule has 1 aromatic rings. The van der Waals surface area contributed by atoms with Crippen LogP contribution in [0.1, 0.15) is 18.4 Å². The number of sulfonamides is 1. The minimum absolute atomic E-state index is 0.120.